The predicted octanol–water partition coefficient (Wildman–Crippen LogP) is -1.54. The van der Waals surface area contributed by atoms with Crippen LogP contribution in [0.15, 0.2) is 6.07 Å². The van der Waals surface area contributed by atoms with Crippen LogP contribution in [-0.2, 0) is 32.1 Å². The van der Waals surface area contributed by atoms with Crippen molar-refractivity contribution in [3.05, 3.63) is 28.6 Å². The number of ketones is 4. The number of carbonyl (C=O) groups excluding carboxylic acids is 5. The molecule has 0 aliphatic heterocycles. The highest BCUT2D eigenvalue weighted by Gasteiger charge is 2.69. The summed E-state index contributed by atoms with van der Waals surface area (Å²) in [5, 5.41) is 21.8. The Morgan fingerprint density at radius 1 is 1.24 bits per heavy atom. The van der Waals surface area contributed by atoms with Crippen molar-refractivity contribution in [2.75, 3.05) is 14.1 Å². The Bertz CT molecular complexity index is 1130. The molecule has 2 unspecified atom stereocenters. The SMILES string of the molecule is CN(C)[C@@H]1C(=O)C(C(N)=O)C(=O)[C@@]2(O)C(=O)C3C(=O)c4c(O)cc(CN)c(F)c4C[C@H]3C[C@@H]12. The minimum Gasteiger partial charge on any atom is -0.507 e. The molecule has 6 N–H and O–H groups in total. The fourth-order valence-electron chi connectivity index (χ4n) is 5.86. The maximum atomic E-state index is 15.0. The van der Waals surface area contributed by atoms with Crippen molar-refractivity contribution in [3.8, 4) is 5.75 Å². The van der Waals surface area contributed by atoms with E-state index in [1.807, 2.05) is 0 Å². The van der Waals surface area contributed by atoms with Gasteiger partial charge in [-0.1, -0.05) is 0 Å². The van der Waals surface area contributed by atoms with Crippen molar-refractivity contribution in [2.45, 2.75) is 31.0 Å². The number of fused-ring (bicyclic) bond motifs is 3. The lowest BCUT2D eigenvalue weighted by atomic mass is 9.52. The third kappa shape index (κ3) is 2.92. The minimum atomic E-state index is -2.80. The number of halogens is 1. The summed E-state index contributed by atoms with van der Waals surface area (Å²) in [4.78, 5) is 66.2. The number of aliphatic hydroxyl groups is 1. The van der Waals surface area contributed by atoms with Gasteiger partial charge in [0.15, 0.2) is 34.7 Å². The molecule has 3 aliphatic carbocycles. The number of nitrogens with zero attached hydrogens (tertiary/aromatic N) is 1. The number of Topliss-reactive ketones (excluding diaryl/α,β-unsaturated/α-hetero) is 4. The first-order chi connectivity index (χ1) is 15.4. The zero-order valence-corrected chi connectivity index (χ0v) is 18.0. The van der Waals surface area contributed by atoms with Crippen LogP contribution in [0.2, 0.25) is 0 Å². The average Bonchev–Trinajstić information content (AvgIpc) is 2.72. The Balaban J connectivity index is 1.89. The summed E-state index contributed by atoms with van der Waals surface area (Å²) in [6.07, 6.45) is -0.282. The van der Waals surface area contributed by atoms with Crippen LogP contribution >= 0.6 is 0 Å². The van der Waals surface area contributed by atoms with Crippen LogP contribution in [0.5, 0.6) is 5.75 Å². The number of benzene rings is 1. The molecule has 4 rings (SSSR count). The van der Waals surface area contributed by atoms with Gasteiger partial charge in [0.05, 0.1) is 17.5 Å². The Kier molecular flexibility index (Phi) is 5.26. The van der Waals surface area contributed by atoms with Gasteiger partial charge in [-0.15, -0.1) is 0 Å². The summed E-state index contributed by atoms with van der Waals surface area (Å²) in [5.74, 6) is -12.6. The number of hydrogen-bond donors (Lipinski definition) is 4. The fraction of sp³-hybridized carbons (Fsp3) is 0.500. The lowest BCUT2D eigenvalue weighted by Crippen LogP contribution is -2.74. The molecule has 1 aromatic rings. The second kappa shape index (κ2) is 7.51. The normalized spacial score (nSPS) is 33.6. The Morgan fingerprint density at radius 2 is 1.88 bits per heavy atom. The highest BCUT2D eigenvalue weighted by molar-refractivity contribution is 6.32. The molecule has 0 bridgehead atoms. The van der Waals surface area contributed by atoms with Gasteiger partial charge in [-0.05, 0) is 38.9 Å². The van der Waals surface area contributed by atoms with Crippen molar-refractivity contribution in [1.29, 1.82) is 0 Å². The van der Waals surface area contributed by atoms with Gasteiger partial charge in [0.1, 0.15) is 11.6 Å². The van der Waals surface area contributed by atoms with E-state index in [1.54, 1.807) is 0 Å². The first kappa shape index (κ1) is 23.1. The van der Waals surface area contributed by atoms with Gasteiger partial charge in [-0.3, -0.25) is 28.9 Å². The van der Waals surface area contributed by atoms with Gasteiger partial charge in [-0.2, -0.15) is 0 Å². The van der Waals surface area contributed by atoms with E-state index in [0.717, 1.165) is 6.07 Å². The summed E-state index contributed by atoms with van der Waals surface area (Å²) in [5.41, 5.74) is 7.48. The maximum absolute atomic E-state index is 15.0. The van der Waals surface area contributed by atoms with Crippen LogP contribution in [0, 0.1) is 29.5 Å². The largest absolute Gasteiger partial charge is 0.507 e. The van der Waals surface area contributed by atoms with E-state index >= 15 is 0 Å². The summed E-state index contributed by atoms with van der Waals surface area (Å²) in [6, 6.07) is -0.201. The monoisotopic (exact) mass is 461 g/mol. The average molecular weight is 461 g/mol. The lowest BCUT2D eigenvalue weighted by Gasteiger charge is -2.52. The molecule has 10 nitrogen and oxygen atoms in total. The van der Waals surface area contributed by atoms with Crippen molar-refractivity contribution in [2.24, 2.45) is 35.1 Å². The molecule has 176 valence electrons. The Morgan fingerprint density at radius 3 is 2.42 bits per heavy atom. The number of nitrogens with two attached hydrogens (primary N) is 2. The van der Waals surface area contributed by atoms with Crippen LogP contribution in [-0.4, -0.2) is 69.9 Å². The Labute approximate surface area is 187 Å². The number of hydrogen-bond acceptors (Lipinski definition) is 9. The molecule has 0 spiro atoms. The molecule has 1 amide bonds. The maximum Gasteiger partial charge on any atom is 0.235 e. The molecule has 2 saturated carbocycles. The second-order valence-electron chi connectivity index (χ2n) is 9.22. The number of aromatic hydroxyl groups is 1. The smallest absolute Gasteiger partial charge is 0.235 e. The summed E-state index contributed by atoms with van der Waals surface area (Å²) < 4.78 is 15.0. The van der Waals surface area contributed by atoms with Crippen molar-refractivity contribution >= 4 is 29.0 Å². The molecule has 0 aromatic heterocycles. The molecule has 2 fully saturated rings. The van der Waals surface area contributed by atoms with Crippen LogP contribution in [0.3, 0.4) is 0 Å². The fourth-order valence-corrected chi connectivity index (χ4v) is 5.86. The molecule has 0 radical (unpaired) electrons. The zero-order valence-electron chi connectivity index (χ0n) is 18.0. The summed E-state index contributed by atoms with van der Waals surface area (Å²) in [7, 11) is 2.97. The third-order valence-corrected chi connectivity index (χ3v) is 7.29. The summed E-state index contributed by atoms with van der Waals surface area (Å²) >= 11 is 0. The van der Waals surface area contributed by atoms with Crippen molar-refractivity contribution in [3.63, 3.8) is 0 Å². The molecule has 0 heterocycles. The van der Waals surface area contributed by atoms with E-state index in [9.17, 15) is 38.6 Å². The van der Waals surface area contributed by atoms with E-state index in [1.165, 1.54) is 19.0 Å². The second-order valence-corrected chi connectivity index (χ2v) is 9.22. The van der Waals surface area contributed by atoms with Gasteiger partial charge in [-0.25, -0.2) is 4.39 Å². The van der Waals surface area contributed by atoms with Crippen LogP contribution in [0.25, 0.3) is 0 Å². The van der Waals surface area contributed by atoms with Gasteiger partial charge in [0.2, 0.25) is 5.91 Å². The van der Waals surface area contributed by atoms with Gasteiger partial charge in [0, 0.05) is 23.6 Å². The molecule has 33 heavy (non-hydrogen) atoms. The molecule has 11 heteroatoms. The number of rotatable bonds is 3. The predicted molar refractivity (Wildman–Crippen MR) is 109 cm³/mol. The lowest BCUT2D eigenvalue weighted by molar-refractivity contribution is -0.181. The van der Waals surface area contributed by atoms with Crippen molar-refractivity contribution in [1.82, 2.24) is 4.90 Å². The van der Waals surface area contributed by atoms with Gasteiger partial charge >= 0.3 is 0 Å². The van der Waals surface area contributed by atoms with E-state index in [2.05, 4.69) is 0 Å². The molecular formula is C22H24FN3O7. The topological polar surface area (TPSA) is 181 Å². The highest BCUT2D eigenvalue weighted by Crippen LogP contribution is 2.51. The molecule has 3 aliphatic rings. The first-order valence-corrected chi connectivity index (χ1v) is 10.5. The van der Waals surface area contributed by atoms with Crippen molar-refractivity contribution < 1.29 is 38.6 Å². The number of phenolic OH excluding ortho intramolecular Hbond substituents is 1. The summed E-state index contributed by atoms with van der Waals surface area (Å²) in [6.45, 7) is -0.226. The number of amides is 1. The minimum absolute atomic E-state index is 0.00497. The number of carbonyl (C=O) groups is 5. The number of likely N-dealkylation sites (N-methyl/N-ethyl adjacent to an activating group) is 1. The third-order valence-electron chi connectivity index (χ3n) is 7.29. The molecule has 0 saturated heterocycles. The molecule has 1 aromatic carbocycles. The standard InChI is InChI=1S/C22H24FN3O7/c1-26(2)16-10-4-7-3-9-13(11(27)5-8(6-24)15(9)23)17(28)12(7)19(30)22(10,33)20(31)14(18(16)29)21(25)32/h5,7,10,12,14,16,27,33H,3-4,6,24H2,1-2H3,(H2,25,32)/t7-,10-,12?,14?,16-,22-/m0/s1. The zero-order chi connectivity index (χ0) is 24.6. The van der Waals surface area contributed by atoms with Gasteiger partial charge < -0.3 is 21.7 Å². The van der Waals surface area contributed by atoms with Crippen LogP contribution in [0.1, 0.15) is 27.9 Å². The number of primary amides is 1. The Hall–Kier alpha value is -3.02. The van der Waals surface area contributed by atoms with Gasteiger partial charge in [0.25, 0.3) is 0 Å². The molecule has 6 atom stereocenters. The van der Waals surface area contributed by atoms with E-state index in [0.29, 0.717) is 0 Å². The van der Waals surface area contributed by atoms with Crippen LogP contribution in [0.4, 0.5) is 4.39 Å². The number of phenols is 1. The highest BCUT2D eigenvalue weighted by atomic mass is 19.1. The molecular weight excluding hydrogens is 437 g/mol. The first-order valence-electron chi connectivity index (χ1n) is 10.5. The van der Waals surface area contributed by atoms with E-state index < -0.39 is 81.5 Å². The van der Waals surface area contributed by atoms with Crippen LogP contribution < -0.4 is 11.5 Å². The van der Waals surface area contributed by atoms with E-state index in [-0.39, 0.29) is 30.5 Å². The van der Waals surface area contributed by atoms with E-state index in [4.69, 9.17) is 11.5 Å². The quantitative estimate of drug-likeness (QED) is 0.388.